The normalized spacial score (nSPS) is 14.0. The number of rotatable bonds is 4. The van der Waals surface area contributed by atoms with E-state index >= 15 is 0 Å². The lowest BCUT2D eigenvalue weighted by atomic mass is 10.1. The Morgan fingerprint density at radius 1 is 1.05 bits per heavy atom. The molecular weight excluding hydrogens is 252 g/mol. The largest absolute Gasteiger partial charge is 0.490 e. The van der Waals surface area contributed by atoms with Crippen molar-refractivity contribution in [3.63, 3.8) is 0 Å². The van der Waals surface area contributed by atoms with Crippen molar-refractivity contribution in [3.05, 3.63) is 65.2 Å². The molecule has 3 rings (SSSR count). The summed E-state index contributed by atoms with van der Waals surface area (Å²) in [5.41, 5.74) is 3.51. The summed E-state index contributed by atoms with van der Waals surface area (Å²) in [6.45, 7) is 0. The second kappa shape index (κ2) is 5.37. The van der Waals surface area contributed by atoms with Gasteiger partial charge in [-0.05, 0) is 28.8 Å². The molecule has 0 spiro atoms. The molecule has 0 bridgehead atoms. The molecule has 0 aliphatic heterocycles. The van der Waals surface area contributed by atoms with Crippen LogP contribution in [0.1, 0.15) is 16.7 Å². The minimum Gasteiger partial charge on any atom is -0.490 e. The van der Waals surface area contributed by atoms with Crippen LogP contribution in [-0.4, -0.2) is 17.2 Å². The molecule has 0 fully saturated rings. The highest BCUT2D eigenvalue weighted by atomic mass is 16.5. The summed E-state index contributed by atoms with van der Waals surface area (Å²) in [7, 11) is 0. The Balaban J connectivity index is 1.63. The topological polar surface area (TPSA) is 46.5 Å². The molecule has 0 aromatic heterocycles. The van der Waals surface area contributed by atoms with Gasteiger partial charge in [-0.1, -0.05) is 36.4 Å². The average Bonchev–Trinajstić information content (AvgIpc) is 2.82. The minimum atomic E-state index is -0.815. The predicted octanol–water partition coefficient (Wildman–Crippen LogP) is 2.86. The summed E-state index contributed by atoms with van der Waals surface area (Å²) >= 11 is 0. The van der Waals surface area contributed by atoms with Crippen LogP contribution >= 0.6 is 0 Å². The van der Waals surface area contributed by atoms with E-state index in [1.54, 1.807) is 0 Å². The molecule has 1 aliphatic rings. The van der Waals surface area contributed by atoms with Gasteiger partial charge < -0.3 is 9.84 Å². The molecule has 2 aromatic carbocycles. The Hall–Kier alpha value is -2.29. The Morgan fingerprint density at radius 2 is 1.65 bits per heavy atom. The third kappa shape index (κ3) is 2.82. The first kappa shape index (κ1) is 12.7. The van der Waals surface area contributed by atoms with E-state index in [0.717, 1.165) is 24.2 Å². The maximum Gasteiger partial charge on any atom is 0.307 e. The maximum atomic E-state index is 10.6. The van der Waals surface area contributed by atoms with Crippen LogP contribution in [-0.2, 0) is 24.1 Å². The second-order valence-corrected chi connectivity index (χ2v) is 5.13. The van der Waals surface area contributed by atoms with Crippen molar-refractivity contribution in [2.24, 2.45) is 0 Å². The van der Waals surface area contributed by atoms with Gasteiger partial charge in [0.05, 0.1) is 6.42 Å². The van der Waals surface area contributed by atoms with E-state index in [4.69, 9.17) is 9.84 Å². The van der Waals surface area contributed by atoms with Gasteiger partial charge in [0.2, 0.25) is 0 Å². The van der Waals surface area contributed by atoms with E-state index in [1.165, 1.54) is 11.1 Å². The fourth-order valence-electron chi connectivity index (χ4n) is 2.65. The zero-order valence-corrected chi connectivity index (χ0v) is 11.1. The molecule has 3 heteroatoms. The number of carbonyl (C=O) groups is 1. The zero-order valence-electron chi connectivity index (χ0n) is 11.1. The quantitative estimate of drug-likeness (QED) is 0.927. The van der Waals surface area contributed by atoms with Crippen molar-refractivity contribution in [2.75, 3.05) is 0 Å². The van der Waals surface area contributed by atoms with Gasteiger partial charge in [0, 0.05) is 12.8 Å². The van der Waals surface area contributed by atoms with E-state index in [1.807, 2.05) is 24.3 Å². The van der Waals surface area contributed by atoms with Crippen LogP contribution < -0.4 is 4.74 Å². The van der Waals surface area contributed by atoms with E-state index in [0.29, 0.717) is 0 Å². The molecule has 0 atom stereocenters. The first-order chi connectivity index (χ1) is 9.70. The molecule has 0 radical (unpaired) electrons. The van der Waals surface area contributed by atoms with Gasteiger partial charge in [0.25, 0.3) is 0 Å². The van der Waals surface area contributed by atoms with Gasteiger partial charge >= 0.3 is 5.97 Å². The molecule has 0 saturated heterocycles. The lowest BCUT2D eigenvalue weighted by Gasteiger charge is -2.13. The molecule has 20 heavy (non-hydrogen) atoms. The van der Waals surface area contributed by atoms with Crippen molar-refractivity contribution >= 4 is 5.97 Å². The van der Waals surface area contributed by atoms with Gasteiger partial charge in [-0.2, -0.15) is 0 Å². The fraction of sp³-hybridized carbons (Fsp3) is 0.235. The SMILES string of the molecule is O=C(O)Cc1ccc(OC2Cc3ccccc3C2)cc1. The molecule has 1 N–H and O–H groups in total. The lowest BCUT2D eigenvalue weighted by molar-refractivity contribution is -0.136. The smallest absolute Gasteiger partial charge is 0.307 e. The number of ether oxygens (including phenoxy) is 1. The number of carboxylic acids is 1. The van der Waals surface area contributed by atoms with Crippen LogP contribution in [0.25, 0.3) is 0 Å². The first-order valence-corrected chi connectivity index (χ1v) is 6.75. The Labute approximate surface area is 117 Å². The van der Waals surface area contributed by atoms with Crippen LogP contribution in [0.4, 0.5) is 0 Å². The van der Waals surface area contributed by atoms with E-state index < -0.39 is 5.97 Å². The highest BCUT2D eigenvalue weighted by Gasteiger charge is 2.22. The number of hydrogen-bond acceptors (Lipinski definition) is 2. The summed E-state index contributed by atoms with van der Waals surface area (Å²) in [6, 6.07) is 15.7. The third-order valence-corrected chi connectivity index (χ3v) is 3.60. The Kier molecular flexibility index (Phi) is 3.42. The highest BCUT2D eigenvalue weighted by Crippen LogP contribution is 2.25. The van der Waals surface area contributed by atoms with E-state index in [-0.39, 0.29) is 12.5 Å². The molecule has 0 unspecified atom stereocenters. The monoisotopic (exact) mass is 268 g/mol. The lowest BCUT2D eigenvalue weighted by Crippen LogP contribution is -2.16. The standard InChI is InChI=1S/C17H16O3/c18-17(19)9-12-5-7-15(8-6-12)20-16-10-13-3-1-2-4-14(13)11-16/h1-8,16H,9-11H2,(H,18,19). The Bertz CT molecular complexity index is 591. The number of fused-ring (bicyclic) bond motifs is 1. The van der Waals surface area contributed by atoms with E-state index in [2.05, 4.69) is 24.3 Å². The van der Waals surface area contributed by atoms with Gasteiger partial charge in [-0.25, -0.2) is 0 Å². The van der Waals surface area contributed by atoms with Crippen molar-refractivity contribution in [2.45, 2.75) is 25.4 Å². The van der Waals surface area contributed by atoms with Crippen molar-refractivity contribution in [3.8, 4) is 5.75 Å². The number of benzene rings is 2. The fourth-order valence-corrected chi connectivity index (χ4v) is 2.65. The number of carboxylic acid groups (broad SMARTS) is 1. The second-order valence-electron chi connectivity index (χ2n) is 5.13. The van der Waals surface area contributed by atoms with Gasteiger partial charge in [0.15, 0.2) is 0 Å². The maximum absolute atomic E-state index is 10.6. The molecule has 0 heterocycles. The minimum absolute atomic E-state index is 0.0507. The summed E-state index contributed by atoms with van der Waals surface area (Å²) in [6.07, 6.45) is 2.10. The summed E-state index contributed by atoms with van der Waals surface area (Å²) in [5.74, 6) is -0.0122. The molecule has 0 amide bonds. The highest BCUT2D eigenvalue weighted by molar-refractivity contribution is 5.70. The third-order valence-electron chi connectivity index (χ3n) is 3.60. The van der Waals surface area contributed by atoms with Crippen molar-refractivity contribution < 1.29 is 14.6 Å². The van der Waals surface area contributed by atoms with Crippen molar-refractivity contribution in [1.82, 2.24) is 0 Å². The summed E-state index contributed by atoms with van der Waals surface area (Å²) in [4.78, 5) is 10.6. The summed E-state index contributed by atoms with van der Waals surface area (Å²) < 4.78 is 5.97. The van der Waals surface area contributed by atoms with Crippen LogP contribution in [0.5, 0.6) is 5.75 Å². The average molecular weight is 268 g/mol. The Morgan fingerprint density at radius 3 is 2.20 bits per heavy atom. The van der Waals surface area contributed by atoms with E-state index in [9.17, 15) is 4.79 Å². The van der Waals surface area contributed by atoms with Crippen LogP contribution in [0, 0.1) is 0 Å². The molecule has 1 aliphatic carbocycles. The molecular formula is C17H16O3. The van der Waals surface area contributed by atoms with Crippen molar-refractivity contribution in [1.29, 1.82) is 0 Å². The van der Waals surface area contributed by atoms with Crippen LogP contribution in [0.15, 0.2) is 48.5 Å². The molecule has 0 saturated carbocycles. The molecule has 102 valence electrons. The molecule has 3 nitrogen and oxygen atoms in total. The van der Waals surface area contributed by atoms with Crippen LogP contribution in [0.3, 0.4) is 0 Å². The number of hydrogen-bond donors (Lipinski definition) is 1. The predicted molar refractivity (Wildman–Crippen MR) is 76.0 cm³/mol. The molecule has 2 aromatic rings. The van der Waals surface area contributed by atoms with Gasteiger partial charge in [0.1, 0.15) is 11.9 Å². The van der Waals surface area contributed by atoms with Gasteiger partial charge in [-0.15, -0.1) is 0 Å². The zero-order chi connectivity index (χ0) is 13.9. The van der Waals surface area contributed by atoms with Crippen LogP contribution in [0.2, 0.25) is 0 Å². The first-order valence-electron chi connectivity index (χ1n) is 6.75. The number of aliphatic carboxylic acids is 1. The summed E-state index contributed by atoms with van der Waals surface area (Å²) in [5, 5.41) is 8.73. The van der Waals surface area contributed by atoms with Gasteiger partial charge in [-0.3, -0.25) is 4.79 Å².